The van der Waals surface area contributed by atoms with E-state index < -0.39 is 0 Å². The molecule has 4 nitrogen and oxygen atoms in total. The van der Waals surface area contributed by atoms with Crippen molar-refractivity contribution in [2.45, 2.75) is 51.3 Å². The summed E-state index contributed by atoms with van der Waals surface area (Å²) in [6.45, 7) is 4.81. The zero-order valence-corrected chi connectivity index (χ0v) is 9.79. The highest BCUT2D eigenvalue weighted by Crippen LogP contribution is 2.23. The first-order valence-electron chi connectivity index (χ1n) is 5.60. The molecule has 1 aliphatic carbocycles. The summed E-state index contributed by atoms with van der Waals surface area (Å²) in [6.07, 6.45) is 2.96. The SMILES string of the molecule is CCOC1CC(NC(C)CC(=O)OC)C1. The number of methoxy groups -OCH3 is 1. The molecule has 1 N–H and O–H groups in total. The van der Waals surface area contributed by atoms with Gasteiger partial charge in [0.15, 0.2) is 0 Å². The van der Waals surface area contributed by atoms with Gasteiger partial charge in [-0.25, -0.2) is 0 Å². The summed E-state index contributed by atoms with van der Waals surface area (Å²) in [5, 5.41) is 3.39. The highest BCUT2D eigenvalue weighted by molar-refractivity contribution is 5.69. The van der Waals surface area contributed by atoms with Crippen molar-refractivity contribution < 1.29 is 14.3 Å². The molecule has 1 unspecified atom stereocenters. The van der Waals surface area contributed by atoms with Gasteiger partial charge in [-0.15, -0.1) is 0 Å². The van der Waals surface area contributed by atoms with Crippen molar-refractivity contribution in [3.05, 3.63) is 0 Å². The fourth-order valence-electron chi connectivity index (χ4n) is 1.87. The Bertz CT molecular complexity index is 202. The van der Waals surface area contributed by atoms with Crippen molar-refractivity contribution in [1.82, 2.24) is 5.32 Å². The topological polar surface area (TPSA) is 47.6 Å². The van der Waals surface area contributed by atoms with Crippen LogP contribution in [-0.4, -0.2) is 37.9 Å². The second-order valence-electron chi connectivity index (χ2n) is 4.09. The van der Waals surface area contributed by atoms with Crippen LogP contribution in [0.4, 0.5) is 0 Å². The number of hydrogen-bond acceptors (Lipinski definition) is 4. The minimum absolute atomic E-state index is 0.157. The van der Waals surface area contributed by atoms with E-state index in [-0.39, 0.29) is 12.0 Å². The van der Waals surface area contributed by atoms with Gasteiger partial charge in [0.2, 0.25) is 0 Å². The molecular weight excluding hydrogens is 194 g/mol. The molecule has 1 atom stereocenters. The van der Waals surface area contributed by atoms with Gasteiger partial charge in [-0.3, -0.25) is 4.79 Å². The predicted molar refractivity (Wildman–Crippen MR) is 57.7 cm³/mol. The molecule has 4 heteroatoms. The van der Waals surface area contributed by atoms with Gasteiger partial charge >= 0.3 is 5.97 Å². The lowest BCUT2D eigenvalue weighted by atomic mass is 9.88. The van der Waals surface area contributed by atoms with Gasteiger partial charge in [0, 0.05) is 18.7 Å². The second-order valence-corrected chi connectivity index (χ2v) is 4.09. The Morgan fingerprint density at radius 1 is 1.53 bits per heavy atom. The van der Waals surface area contributed by atoms with Crippen LogP contribution < -0.4 is 5.32 Å². The van der Waals surface area contributed by atoms with Crippen LogP contribution in [0, 0.1) is 0 Å². The van der Waals surface area contributed by atoms with E-state index in [9.17, 15) is 4.79 Å². The van der Waals surface area contributed by atoms with E-state index in [1.807, 2.05) is 13.8 Å². The molecule has 15 heavy (non-hydrogen) atoms. The maximum absolute atomic E-state index is 11.0. The predicted octanol–water partition coefficient (Wildman–Crippen LogP) is 1.10. The molecule has 1 saturated carbocycles. The summed E-state index contributed by atoms with van der Waals surface area (Å²) >= 11 is 0. The Labute approximate surface area is 91.3 Å². The summed E-state index contributed by atoms with van der Waals surface area (Å²) in [5.41, 5.74) is 0. The van der Waals surface area contributed by atoms with Crippen LogP contribution in [0.2, 0.25) is 0 Å². The molecule has 0 bridgehead atoms. The van der Waals surface area contributed by atoms with E-state index in [4.69, 9.17) is 4.74 Å². The third kappa shape index (κ3) is 4.18. The van der Waals surface area contributed by atoms with E-state index in [1.54, 1.807) is 0 Å². The first-order valence-corrected chi connectivity index (χ1v) is 5.60. The first kappa shape index (κ1) is 12.5. The smallest absolute Gasteiger partial charge is 0.307 e. The molecule has 0 aromatic heterocycles. The minimum atomic E-state index is -0.157. The highest BCUT2D eigenvalue weighted by atomic mass is 16.5. The van der Waals surface area contributed by atoms with E-state index in [0.717, 1.165) is 19.4 Å². The lowest BCUT2D eigenvalue weighted by Gasteiger charge is -2.37. The van der Waals surface area contributed by atoms with Gasteiger partial charge in [-0.05, 0) is 26.7 Å². The monoisotopic (exact) mass is 215 g/mol. The molecule has 0 aromatic rings. The maximum atomic E-state index is 11.0. The molecule has 0 aliphatic heterocycles. The second kappa shape index (κ2) is 6.08. The molecule has 0 aromatic carbocycles. The number of rotatable bonds is 6. The van der Waals surface area contributed by atoms with Crippen molar-refractivity contribution in [2.24, 2.45) is 0 Å². The van der Waals surface area contributed by atoms with Gasteiger partial charge in [0.05, 0.1) is 19.6 Å². The molecule has 0 spiro atoms. The average Bonchev–Trinajstić information content (AvgIpc) is 2.14. The van der Waals surface area contributed by atoms with Crippen LogP contribution in [0.25, 0.3) is 0 Å². The van der Waals surface area contributed by atoms with Crippen LogP contribution in [0.1, 0.15) is 33.1 Å². The van der Waals surface area contributed by atoms with Gasteiger partial charge in [-0.1, -0.05) is 0 Å². The number of esters is 1. The molecular formula is C11H21NO3. The average molecular weight is 215 g/mol. The Kier molecular flexibility index (Phi) is 5.05. The third-order valence-corrected chi connectivity index (χ3v) is 2.72. The zero-order valence-electron chi connectivity index (χ0n) is 9.79. The summed E-state index contributed by atoms with van der Waals surface area (Å²) in [7, 11) is 1.42. The van der Waals surface area contributed by atoms with Crippen molar-refractivity contribution in [2.75, 3.05) is 13.7 Å². The first-order chi connectivity index (χ1) is 7.15. The van der Waals surface area contributed by atoms with E-state index in [0.29, 0.717) is 18.6 Å². The van der Waals surface area contributed by atoms with E-state index in [2.05, 4.69) is 10.1 Å². The van der Waals surface area contributed by atoms with Crippen molar-refractivity contribution in [3.63, 3.8) is 0 Å². The van der Waals surface area contributed by atoms with Crippen LogP contribution >= 0.6 is 0 Å². The Hall–Kier alpha value is -0.610. The number of ether oxygens (including phenoxy) is 2. The number of carbonyl (C=O) groups is 1. The van der Waals surface area contributed by atoms with E-state index in [1.165, 1.54) is 7.11 Å². The summed E-state index contributed by atoms with van der Waals surface area (Å²) in [6, 6.07) is 0.686. The normalized spacial score (nSPS) is 26.9. The van der Waals surface area contributed by atoms with Crippen molar-refractivity contribution >= 4 is 5.97 Å². The lowest BCUT2D eigenvalue weighted by Crippen LogP contribution is -2.49. The summed E-state index contributed by atoms with van der Waals surface area (Å²) < 4.78 is 10.1. The number of nitrogens with one attached hydrogen (secondary N) is 1. The molecule has 88 valence electrons. The fourth-order valence-corrected chi connectivity index (χ4v) is 1.87. The molecule has 0 amide bonds. The fraction of sp³-hybridized carbons (Fsp3) is 0.909. The quantitative estimate of drug-likeness (QED) is 0.674. The Balaban J connectivity index is 2.08. The van der Waals surface area contributed by atoms with Crippen LogP contribution in [0.5, 0.6) is 0 Å². The van der Waals surface area contributed by atoms with Gasteiger partial charge in [0.25, 0.3) is 0 Å². The molecule has 1 rings (SSSR count). The zero-order chi connectivity index (χ0) is 11.3. The number of hydrogen-bond donors (Lipinski definition) is 1. The van der Waals surface area contributed by atoms with Crippen molar-refractivity contribution in [1.29, 1.82) is 0 Å². The van der Waals surface area contributed by atoms with Crippen LogP contribution in [0.15, 0.2) is 0 Å². The summed E-state index contributed by atoms with van der Waals surface area (Å²) in [5.74, 6) is -0.157. The Morgan fingerprint density at radius 2 is 2.20 bits per heavy atom. The highest BCUT2D eigenvalue weighted by Gasteiger charge is 2.30. The summed E-state index contributed by atoms with van der Waals surface area (Å²) in [4.78, 5) is 11.0. The lowest BCUT2D eigenvalue weighted by molar-refractivity contribution is -0.141. The molecule has 1 fully saturated rings. The van der Waals surface area contributed by atoms with Gasteiger partial charge < -0.3 is 14.8 Å². The minimum Gasteiger partial charge on any atom is -0.469 e. The largest absolute Gasteiger partial charge is 0.469 e. The standard InChI is InChI=1S/C11H21NO3/c1-4-15-10-6-9(7-10)12-8(2)5-11(13)14-3/h8-10,12H,4-7H2,1-3H3. The van der Waals surface area contributed by atoms with Gasteiger partial charge in [-0.2, -0.15) is 0 Å². The molecule has 1 aliphatic rings. The molecule has 0 heterocycles. The van der Waals surface area contributed by atoms with Crippen molar-refractivity contribution in [3.8, 4) is 0 Å². The maximum Gasteiger partial charge on any atom is 0.307 e. The van der Waals surface area contributed by atoms with Crippen LogP contribution in [0.3, 0.4) is 0 Å². The Morgan fingerprint density at radius 3 is 2.73 bits per heavy atom. The van der Waals surface area contributed by atoms with Gasteiger partial charge in [0.1, 0.15) is 0 Å². The molecule has 0 saturated heterocycles. The third-order valence-electron chi connectivity index (χ3n) is 2.72. The molecule has 0 radical (unpaired) electrons. The number of carbonyl (C=O) groups excluding carboxylic acids is 1. The van der Waals surface area contributed by atoms with Crippen LogP contribution in [-0.2, 0) is 14.3 Å². The van der Waals surface area contributed by atoms with E-state index >= 15 is 0 Å².